The molecule has 1 aromatic carbocycles. The number of aliphatic imine (C=N–C) groups is 1. The Bertz CT molecular complexity index is 642. The molecule has 0 bridgehead atoms. The number of benzene rings is 1. The van der Waals surface area contributed by atoms with Gasteiger partial charge in [-0.05, 0) is 24.5 Å². The standard InChI is InChI=1S/C14H20N4O2S/c19-21(20,11-9-17-14-15-7-3-8-16-14)18-10-6-12-4-1-2-5-13(12)18/h1-2,4-5H,3,6-11H2,(H2,15,16,17). The lowest BCUT2D eigenvalue weighted by Gasteiger charge is -2.20. The van der Waals surface area contributed by atoms with Crippen LogP contribution in [0.3, 0.4) is 0 Å². The Kier molecular flexibility index (Phi) is 4.01. The second-order valence-electron chi connectivity index (χ2n) is 5.20. The van der Waals surface area contributed by atoms with Crippen LogP contribution in [0.1, 0.15) is 12.0 Å². The average Bonchev–Trinajstić information content (AvgIpc) is 2.93. The zero-order valence-corrected chi connectivity index (χ0v) is 12.7. The molecule has 2 heterocycles. The first-order chi connectivity index (χ1) is 10.2. The van der Waals surface area contributed by atoms with Gasteiger partial charge in [0.25, 0.3) is 0 Å². The summed E-state index contributed by atoms with van der Waals surface area (Å²) in [5, 5.41) is 6.18. The lowest BCUT2D eigenvalue weighted by atomic mass is 10.2. The van der Waals surface area contributed by atoms with Gasteiger partial charge in [0.05, 0.1) is 11.4 Å². The maximum atomic E-state index is 12.5. The fourth-order valence-corrected chi connectivity index (χ4v) is 4.08. The number of rotatable bonds is 4. The highest BCUT2D eigenvalue weighted by Gasteiger charge is 2.28. The number of nitrogens with zero attached hydrogens (tertiary/aromatic N) is 2. The topological polar surface area (TPSA) is 73.8 Å². The van der Waals surface area contributed by atoms with Crippen LogP contribution in [-0.4, -0.2) is 46.3 Å². The van der Waals surface area contributed by atoms with Crippen molar-refractivity contribution < 1.29 is 8.42 Å². The van der Waals surface area contributed by atoms with Crippen molar-refractivity contribution in [1.82, 2.24) is 10.6 Å². The monoisotopic (exact) mass is 308 g/mol. The Morgan fingerprint density at radius 1 is 1.33 bits per heavy atom. The van der Waals surface area contributed by atoms with E-state index in [-0.39, 0.29) is 5.75 Å². The van der Waals surface area contributed by atoms with E-state index < -0.39 is 10.0 Å². The first kappa shape index (κ1) is 14.2. The first-order valence-electron chi connectivity index (χ1n) is 7.27. The molecule has 0 unspecified atom stereocenters. The Labute approximate surface area is 125 Å². The summed E-state index contributed by atoms with van der Waals surface area (Å²) in [6.07, 6.45) is 1.81. The predicted molar refractivity (Wildman–Crippen MR) is 84.2 cm³/mol. The lowest BCUT2D eigenvalue weighted by Crippen LogP contribution is -2.44. The molecule has 0 aromatic heterocycles. The second-order valence-corrected chi connectivity index (χ2v) is 7.22. The van der Waals surface area contributed by atoms with Gasteiger partial charge in [0.15, 0.2) is 5.96 Å². The molecule has 0 saturated carbocycles. The highest BCUT2D eigenvalue weighted by Crippen LogP contribution is 2.29. The zero-order valence-electron chi connectivity index (χ0n) is 11.9. The Morgan fingerprint density at radius 3 is 3.00 bits per heavy atom. The summed E-state index contributed by atoms with van der Waals surface area (Å²) < 4.78 is 26.5. The number of nitrogens with one attached hydrogen (secondary N) is 2. The maximum Gasteiger partial charge on any atom is 0.236 e. The predicted octanol–water partition coefficient (Wildman–Crippen LogP) is 0.318. The summed E-state index contributed by atoms with van der Waals surface area (Å²) in [5.74, 6) is 0.778. The third kappa shape index (κ3) is 3.12. The van der Waals surface area contributed by atoms with Gasteiger partial charge in [-0.25, -0.2) is 8.42 Å². The van der Waals surface area contributed by atoms with Crippen LogP contribution in [0.15, 0.2) is 29.3 Å². The van der Waals surface area contributed by atoms with E-state index >= 15 is 0 Å². The Morgan fingerprint density at radius 2 is 2.19 bits per heavy atom. The molecule has 6 nitrogen and oxygen atoms in total. The quantitative estimate of drug-likeness (QED) is 0.840. The third-order valence-corrected chi connectivity index (χ3v) is 5.50. The molecule has 0 radical (unpaired) electrons. The van der Waals surface area contributed by atoms with Crippen molar-refractivity contribution in [2.24, 2.45) is 4.99 Å². The molecule has 0 spiro atoms. The van der Waals surface area contributed by atoms with Crippen LogP contribution in [0.25, 0.3) is 0 Å². The number of fused-ring (bicyclic) bond motifs is 1. The van der Waals surface area contributed by atoms with Gasteiger partial charge in [0.2, 0.25) is 10.0 Å². The molecule has 0 saturated heterocycles. The fourth-order valence-electron chi connectivity index (χ4n) is 2.66. The van der Waals surface area contributed by atoms with Crippen molar-refractivity contribution in [3.63, 3.8) is 0 Å². The minimum Gasteiger partial charge on any atom is -0.356 e. The Hall–Kier alpha value is -1.76. The number of hydrogen-bond donors (Lipinski definition) is 2. The van der Waals surface area contributed by atoms with E-state index in [9.17, 15) is 8.42 Å². The van der Waals surface area contributed by atoms with Crippen LogP contribution in [0.2, 0.25) is 0 Å². The zero-order chi connectivity index (χ0) is 14.7. The van der Waals surface area contributed by atoms with Crippen molar-refractivity contribution in [1.29, 1.82) is 0 Å². The molecule has 2 aliphatic heterocycles. The molecule has 114 valence electrons. The van der Waals surface area contributed by atoms with Crippen molar-refractivity contribution in [3.05, 3.63) is 29.8 Å². The van der Waals surface area contributed by atoms with E-state index in [4.69, 9.17) is 0 Å². The first-order valence-corrected chi connectivity index (χ1v) is 8.88. The van der Waals surface area contributed by atoms with Crippen LogP contribution >= 0.6 is 0 Å². The molecule has 3 rings (SSSR count). The van der Waals surface area contributed by atoms with Crippen molar-refractivity contribution >= 4 is 21.7 Å². The summed E-state index contributed by atoms with van der Waals surface area (Å²) in [4.78, 5) is 4.27. The molecule has 1 aromatic rings. The summed E-state index contributed by atoms with van der Waals surface area (Å²) in [7, 11) is -3.29. The molecular weight excluding hydrogens is 288 g/mol. The molecule has 7 heteroatoms. The Balaban J connectivity index is 1.61. The van der Waals surface area contributed by atoms with E-state index in [2.05, 4.69) is 15.6 Å². The molecule has 0 aliphatic carbocycles. The van der Waals surface area contributed by atoms with Crippen LogP contribution < -0.4 is 14.9 Å². The summed E-state index contributed by atoms with van der Waals surface area (Å²) in [6, 6.07) is 7.69. The summed E-state index contributed by atoms with van der Waals surface area (Å²) in [5.41, 5.74) is 1.93. The molecule has 2 N–H and O–H groups in total. The van der Waals surface area contributed by atoms with E-state index in [1.807, 2.05) is 24.3 Å². The van der Waals surface area contributed by atoms with Gasteiger partial charge < -0.3 is 10.6 Å². The van der Waals surface area contributed by atoms with E-state index in [1.54, 1.807) is 0 Å². The molecule has 0 atom stereocenters. The highest BCUT2D eigenvalue weighted by atomic mass is 32.2. The molecular formula is C14H20N4O2S. The van der Waals surface area contributed by atoms with E-state index in [0.29, 0.717) is 19.0 Å². The van der Waals surface area contributed by atoms with Crippen molar-refractivity contribution in [3.8, 4) is 0 Å². The van der Waals surface area contributed by atoms with E-state index in [0.717, 1.165) is 37.2 Å². The average molecular weight is 308 g/mol. The number of hydrogen-bond acceptors (Lipinski definition) is 5. The third-order valence-electron chi connectivity index (χ3n) is 3.73. The van der Waals surface area contributed by atoms with Crippen LogP contribution in [0, 0.1) is 0 Å². The SMILES string of the molecule is O=S(=O)(CCNC1=NCCCN1)N1CCc2ccccc21. The second kappa shape index (κ2) is 5.93. The lowest BCUT2D eigenvalue weighted by molar-refractivity contribution is 0.590. The fraction of sp³-hybridized carbons (Fsp3) is 0.500. The van der Waals surface area contributed by atoms with Gasteiger partial charge in [0, 0.05) is 26.2 Å². The van der Waals surface area contributed by atoms with Gasteiger partial charge in [-0.15, -0.1) is 0 Å². The minimum absolute atomic E-state index is 0.0715. The van der Waals surface area contributed by atoms with Crippen LogP contribution in [0.4, 0.5) is 5.69 Å². The number of guanidine groups is 1. The largest absolute Gasteiger partial charge is 0.356 e. The van der Waals surface area contributed by atoms with Gasteiger partial charge in [-0.3, -0.25) is 9.30 Å². The van der Waals surface area contributed by atoms with Crippen molar-refractivity contribution in [2.45, 2.75) is 12.8 Å². The number of sulfonamides is 1. The maximum absolute atomic E-state index is 12.5. The van der Waals surface area contributed by atoms with E-state index in [1.165, 1.54) is 4.31 Å². The van der Waals surface area contributed by atoms with Crippen LogP contribution in [-0.2, 0) is 16.4 Å². The molecule has 2 aliphatic rings. The smallest absolute Gasteiger partial charge is 0.236 e. The van der Waals surface area contributed by atoms with Crippen molar-refractivity contribution in [2.75, 3.05) is 36.2 Å². The van der Waals surface area contributed by atoms with Gasteiger partial charge in [0.1, 0.15) is 0 Å². The molecule has 0 amide bonds. The number of anilines is 1. The number of para-hydroxylation sites is 1. The summed E-state index contributed by atoms with van der Waals surface area (Å²) >= 11 is 0. The molecule has 21 heavy (non-hydrogen) atoms. The van der Waals surface area contributed by atoms with Crippen LogP contribution in [0.5, 0.6) is 0 Å². The molecule has 0 fully saturated rings. The van der Waals surface area contributed by atoms with Gasteiger partial charge in [-0.1, -0.05) is 18.2 Å². The summed E-state index contributed by atoms with van der Waals surface area (Å²) in [6.45, 7) is 2.59. The minimum atomic E-state index is -3.29. The van der Waals surface area contributed by atoms with Gasteiger partial charge >= 0.3 is 0 Å². The highest BCUT2D eigenvalue weighted by molar-refractivity contribution is 7.92. The van der Waals surface area contributed by atoms with Gasteiger partial charge in [-0.2, -0.15) is 0 Å². The normalized spacial score (nSPS) is 17.9.